The monoisotopic (exact) mass is 363 g/mol. The van der Waals surface area contributed by atoms with E-state index in [1.807, 2.05) is 48.5 Å². The second kappa shape index (κ2) is 10.8. The molecule has 0 spiro atoms. The SMILES string of the molecule is CC(=CCCCCCCOc1ccc(-c2ccc(C#N)cc2)cc1)C(=O)O. The van der Waals surface area contributed by atoms with Gasteiger partial charge in [0.05, 0.1) is 18.2 Å². The molecule has 27 heavy (non-hydrogen) atoms. The molecule has 4 heteroatoms. The molecule has 4 nitrogen and oxygen atoms in total. The first-order valence-corrected chi connectivity index (χ1v) is 9.23. The first kappa shape index (κ1) is 20.3. The molecule has 0 saturated carbocycles. The van der Waals surface area contributed by atoms with E-state index in [1.165, 1.54) is 0 Å². The lowest BCUT2D eigenvalue weighted by molar-refractivity contribution is -0.132. The predicted octanol–water partition coefficient (Wildman–Crippen LogP) is 5.59. The molecule has 0 aliphatic carbocycles. The maximum Gasteiger partial charge on any atom is 0.330 e. The Hall–Kier alpha value is -3.06. The van der Waals surface area contributed by atoms with E-state index in [1.54, 1.807) is 13.0 Å². The Labute approximate surface area is 160 Å². The van der Waals surface area contributed by atoms with Gasteiger partial charge in [-0.05, 0) is 61.6 Å². The molecule has 140 valence electrons. The molecule has 0 unspecified atom stereocenters. The third-order valence-electron chi connectivity index (χ3n) is 4.36. The number of carbonyl (C=O) groups is 1. The second-order valence-electron chi connectivity index (χ2n) is 6.46. The van der Waals surface area contributed by atoms with Crippen molar-refractivity contribution < 1.29 is 14.6 Å². The number of allylic oxidation sites excluding steroid dienone is 1. The van der Waals surface area contributed by atoms with Gasteiger partial charge in [-0.15, -0.1) is 0 Å². The molecule has 2 aromatic carbocycles. The highest BCUT2D eigenvalue weighted by atomic mass is 16.5. The zero-order chi connectivity index (χ0) is 19.5. The zero-order valence-electron chi connectivity index (χ0n) is 15.6. The van der Waals surface area contributed by atoms with Crippen molar-refractivity contribution >= 4 is 5.97 Å². The van der Waals surface area contributed by atoms with E-state index < -0.39 is 5.97 Å². The largest absolute Gasteiger partial charge is 0.494 e. The number of unbranched alkanes of at least 4 members (excludes halogenated alkanes) is 4. The average Bonchev–Trinajstić information content (AvgIpc) is 2.70. The van der Waals surface area contributed by atoms with Gasteiger partial charge in [0, 0.05) is 5.57 Å². The Bertz CT molecular complexity index is 799. The first-order chi connectivity index (χ1) is 13.1. The quantitative estimate of drug-likeness (QED) is 0.441. The summed E-state index contributed by atoms with van der Waals surface area (Å²) in [6.07, 6.45) is 6.74. The molecule has 0 aromatic heterocycles. The normalized spacial score (nSPS) is 11.0. The summed E-state index contributed by atoms with van der Waals surface area (Å²) in [6, 6.07) is 17.6. The lowest BCUT2D eigenvalue weighted by atomic mass is 10.0. The summed E-state index contributed by atoms with van der Waals surface area (Å²) in [6.45, 7) is 2.31. The van der Waals surface area contributed by atoms with E-state index in [9.17, 15) is 4.79 Å². The van der Waals surface area contributed by atoms with E-state index in [2.05, 4.69) is 6.07 Å². The van der Waals surface area contributed by atoms with Crippen molar-refractivity contribution in [3.05, 3.63) is 65.7 Å². The minimum absolute atomic E-state index is 0.419. The van der Waals surface area contributed by atoms with Crippen LogP contribution in [0.1, 0.15) is 44.6 Å². The summed E-state index contributed by atoms with van der Waals surface area (Å²) >= 11 is 0. The van der Waals surface area contributed by atoms with Crippen LogP contribution in [0.2, 0.25) is 0 Å². The molecule has 0 saturated heterocycles. The molecule has 0 heterocycles. The minimum Gasteiger partial charge on any atom is -0.494 e. The van der Waals surface area contributed by atoms with Crippen molar-refractivity contribution in [3.8, 4) is 22.9 Å². The highest BCUT2D eigenvalue weighted by Crippen LogP contribution is 2.23. The van der Waals surface area contributed by atoms with Crippen LogP contribution in [0.25, 0.3) is 11.1 Å². The molecule has 0 aliphatic heterocycles. The maximum atomic E-state index is 10.7. The van der Waals surface area contributed by atoms with Gasteiger partial charge in [-0.3, -0.25) is 0 Å². The highest BCUT2D eigenvalue weighted by Gasteiger charge is 2.00. The number of nitrogens with zero attached hydrogens (tertiary/aromatic N) is 1. The molecule has 0 atom stereocenters. The number of carboxylic acids is 1. The van der Waals surface area contributed by atoms with Crippen molar-refractivity contribution in [2.24, 2.45) is 0 Å². The number of nitriles is 1. The highest BCUT2D eigenvalue weighted by molar-refractivity contribution is 5.85. The summed E-state index contributed by atoms with van der Waals surface area (Å²) in [5, 5.41) is 17.6. The van der Waals surface area contributed by atoms with Gasteiger partial charge >= 0.3 is 5.97 Å². The molecular formula is C23H25NO3. The van der Waals surface area contributed by atoms with Crippen LogP contribution >= 0.6 is 0 Å². The number of rotatable bonds is 10. The fourth-order valence-electron chi connectivity index (χ4n) is 2.68. The minimum atomic E-state index is -0.839. The van der Waals surface area contributed by atoms with Gasteiger partial charge in [0.25, 0.3) is 0 Å². The van der Waals surface area contributed by atoms with E-state index in [0.717, 1.165) is 49.0 Å². The molecule has 0 fully saturated rings. The van der Waals surface area contributed by atoms with E-state index in [4.69, 9.17) is 15.1 Å². The molecular weight excluding hydrogens is 338 g/mol. The molecule has 0 aliphatic rings. The van der Waals surface area contributed by atoms with E-state index >= 15 is 0 Å². The maximum absolute atomic E-state index is 10.7. The topological polar surface area (TPSA) is 70.3 Å². The molecule has 2 aromatic rings. The molecule has 2 rings (SSSR count). The molecule has 0 amide bonds. The standard InChI is InChI=1S/C23H25NO3/c1-18(23(25)26)7-5-3-2-4-6-16-27-22-14-12-21(13-15-22)20-10-8-19(17-24)9-11-20/h7-15H,2-6,16H2,1H3,(H,25,26). The van der Waals surface area contributed by atoms with Crippen molar-refractivity contribution in [3.63, 3.8) is 0 Å². The number of hydrogen-bond donors (Lipinski definition) is 1. The lowest BCUT2D eigenvalue weighted by Gasteiger charge is -2.07. The Morgan fingerprint density at radius 3 is 2.19 bits per heavy atom. The van der Waals surface area contributed by atoms with Crippen molar-refractivity contribution in [1.29, 1.82) is 5.26 Å². The Morgan fingerprint density at radius 2 is 1.59 bits per heavy atom. The summed E-state index contributed by atoms with van der Waals surface area (Å²) in [5.41, 5.74) is 3.25. The van der Waals surface area contributed by atoms with Gasteiger partial charge in [0.2, 0.25) is 0 Å². The number of carboxylic acid groups (broad SMARTS) is 1. The number of hydrogen-bond acceptors (Lipinski definition) is 3. The fourth-order valence-corrected chi connectivity index (χ4v) is 2.68. The average molecular weight is 363 g/mol. The number of benzene rings is 2. The summed E-state index contributed by atoms with van der Waals surface area (Å²) in [7, 11) is 0. The smallest absolute Gasteiger partial charge is 0.330 e. The molecule has 1 N–H and O–H groups in total. The van der Waals surface area contributed by atoms with Gasteiger partial charge in [-0.1, -0.05) is 43.2 Å². The molecule has 0 radical (unpaired) electrons. The first-order valence-electron chi connectivity index (χ1n) is 9.23. The summed E-state index contributed by atoms with van der Waals surface area (Å²) in [4.78, 5) is 10.7. The van der Waals surface area contributed by atoms with Crippen LogP contribution in [0.3, 0.4) is 0 Å². The third-order valence-corrected chi connectivity index (χ3v) is 4.36. The van der Waals surface area contributed by atoms with Crippen LogP contribution in [0, 0.1) is 11.3 Å². The number of aliphatic carboxylic acids is 1. The van der Waals surface area contributed by atoms with Crippen LogP contribution < -0.4 is 4.74 Å². The van der Waals surface area contributed by atoms with Crippen molar-refractivity contribution in [2.45, 2.75) is 39.0 Å². The van der Waals surface area contributed by atoms with Crippen LogP contribution in [0.4, 0.5) is 0 Å². The lowest BCUT2D eigenvalue weighted by Crippen LogP contribution is -1.97. The Balaban J connectivity index is 1.66. The van der Waals surface area contributed by atoms with E-state index in [0.29, 0.717) is 17.7 Å². The van der Waals surface area contributed by atoms with Crippen LogP contribution in [-0.4, -0.2) is 17.7 Å². The van der Waals surface area contributed by atoms with Gasteiger partial charge < -0.3 is 9.84 Å². The summed E-state index contributed by atoms with van der Waals surface area (Å²) < 4.78 is 5.78. The van der Waals surface area contributed by atoms with Crippen molar-refractivity contribution in [2.75, 3.05) is 6.61 Å². The second-order valence-corrected chi connectivity index (χ2v) is 6.46. The summed E-state index contributed by atoms with van der Waals surface area (Å²) in [5.74, 6) is 0.0148. The Morgan fingerprint density at radius 1 is 1.00 bits per heavy atom. The predicted molar refractivity (Wildman–Crippen MR) is 107 cm³/mol. The fraction of sp³-hybridized carbons (Fsp3) is 0.304. The Kier molecular flexibility index (Phi) is 8.12. The van der Waals surface area contributed by atoms with Gasteiger partial charge in [-0.2, -0.15) is 5.26 Å². The van der Waals surface area contributed by atoms with Crippen LogP contribution in [0.5, 0.6) is 5.75 Å². The van der Waals surface area contributed by atoms with Crippen molar-refractivity contribution in [1.82, 2.24) is 0 Å². The molecule has 0 bridgehead atoms. The van der Waals surface area contributed by atoms with Crippen LogP contribution in [-0.2, 0) is 4.79 Å². The van der Waals surface area contributed by atoms with Gasteiger partial charge in [-0.25, -0.2) is 4.79 Å². The van der Waals surface area contributed by atoms with E-state index in [-0.39, 0.29) is 0 Å². The van der Waals surface area contributed by atoms with Gasteiger partial charge in [0.1, 0.15) is 5.75 Å². The van der Waals surface area contributed by atoms with Gasteiger partial charge in [0.15, 0.2) is 0 Å². The van der Waals surface area contributed by atoms with Crippen LogP contribution in [0.15, 0.2) is 60.2 Å². The number of ether oxygens (including phenoxy) is 1. The zero-order valence-corrected chi connectivity index (χ0v) is 15.6. The third kappa shape index (κ3) is 6.99.